The highest BCUT2D eigenvalue weighted by Gasteiger charge is 2.54. The van der Waals surface area contributed by atoms with Gasteiger partial charge in [0.1, 0.15) is 40.9 Å². The molecular formula is C16H16ClN5O7S2. The van der Waals surface area contributed by atoms with Crippen LogP contribution in [0.1, 0.15) is 12.6 Å². The Bertz CT molecular complexity index is 1020. The Balaban J connectivity index is 1.79. The molecule has 3 heterocycles. The molecule has 0 aliphatic carbocycles. The van der Waals surface area contributed by atoms with Crippen LogP contribution in [0.2, 0.25) is 4.34 Å². The molecule has 2 amide bonds. The van der Waals surface area contributed by atoms with Crippen LogP contribution in [0.4, 0.5) is 5.13 Å². The lowest BCUT2D eigenvalue weighted by molar-refractivity contribution is -0.150. The number of thioether (sulfide) groups is 1. The van der Waals surface area contributed by atoms with E-state index in [1.165, 1.54) is 25.8 Å². The van der Waals surface area contributed by atoms with Gasteiger partial charge in [-0.15, -0.1) is 11.8 Å². The van der Waals surface area contributed by atoms with Crippen LogP contribution in [0.3, 0.4) is 0 Å². The molecule has 0 radical (unpaired) electrons. The molecule has 3 rings (SSSR count). The first-order chi connectivity index (χ1) is 14.6. The quantitative estimate of drug-likeness (QED) is 0.205. The minimum Gasteiger partial charge on any atom is -0.477 e. The van der Waals surface area contributed by atoms with Crippen LogP contribution in [0.15, 0.2) is 16.4 Å². The van der Waals surface area contributed by atoms with Crippen molar-refractivity contribution in [3.8, 4) is 0 Å². The fourth-order valence-corrected chi connectivity index (χ4v) is 5.20. The summed E-state index contributed by atoms with van der Waals surface area (Å²) >= 11 is 8.20. The summed E-state index contributed by atoms with van der Waals surface area (Å²) < 4.78 is 4.99. The second-order valence-electron chi connectivity index (χ2n) is 6.20. The van der Waals surface area contributed by atoms with Gasteiger partial charge in [-0.05, 0) is 0 Å². The highest BCUT2D eigenvalue weighted by atomic mass is 35.5. The number of aromatic nitrogens is 1. The lowest BCUT2D eigenvalue weighted by Gasteiger charge is -2.49. The highest BCUT2D eigenvalue weighted by Crippen LogP contribution is 2.40. The number of carbonyl (C=O) groups excluding carboxylic acids is 3. The van der Waals surface area contributed by atoms with Crippen LogP contribution in [0.5, 0.6) is 0 Å². The number of hydrogen-bond acceptors (Lipinski definition) is 11. The molecule has 2 atom stereocenters. The Morgan fingerprint density at radius 1 is 1.45 bits per heavy atom. The van der Waals surface area contributed by atoms with Crippen LogP contribution >= 0.6 is 34.7 Å². The Morgan fingerprint density at radius 2 is 2.16 bits per heavy atom. The molecule has 166 valence electrons. The normalized spacial score (nSPS) is 20.7. The van der Waals surface area contributed by atoms with Crippen molar-refractivity contribution in [2.75, 3.05) is 25.2 Å². The van der Waals surface area contributed by atoms with Gasteiger partial charge in [-0.2, -0.15) is 0 Å². The standard InChI is InChI=1S/C16H16ClN5O7S2/c1-5(23)29-3-6-4-30-14-9(13(25)22(14)10(6)15(26)27)19-12(24)8(21-28-2)7-11(17)31-16(18)20-7/h9,14H,3-4H2,1-2H3,(H2,18,20)(H,19,24)(H,26,27)/b21-8-. The molecule has 1 fully saturated rings. The van der Waals surface area contributed by atoms with E-state index in [9.17, 15) is 24.3 Å². The van der Waals surface area contributed by atoms with Gasteiger partial charge in [-0.3, -0.25) is 19.3 Å². The Hall–Kier alpha value is -2.84. The van der Waals surface area contributed by atoms with Crippen LogP contribution in [-0.4, -0.2) is 75.3 Å². The number of amides is 2. The van der Waals surface area contributed by atoms with E-state index in [1.807, 2.05) is 0 Å². The summed E-state index contributed by atoms with van der Waals surface area (Å²) in [5, 5.41) is 15.2. The molecule has 2 aliphatic rings. The number of carbonyl (C=O) groups is 4. The Labute approximate surface area is 188 Å². The number of β-lactam (4-membered cyclic amide) rings is 1. The van der Waals surface area contributed by atoms with Crippen molar-refractivity contribution in [3.63, 3.8) is 0 Å². The molecule has 2 aliphatic heterocycles. The van der Waals surface area contributed by atoms with Gasteiger partial charge in [-0.25, -0.2) is 9.78 Å². The van der Waals surface area contributed by atoms with E-state index in [4.69, 9.17) is 22.1 Å². The second-order valence-corrected chi connectivity index (χ2v) is 8.93. The van der Waals surface area contributed by atoms with E-state index in [1.54, 1.807) is 0 Å². The van der Waals surface area contributed by atoms with Crippen molar-refractivity contribution in [2.45, 2.75) is 18.3 Å². The number of carboxylic acids is 1. The number of nitrogens with zero attached hydrogens (tertiary/aromatic N) is 3. The minimum atomic E-state index is -1.34. The molecule has 1 aromatic heterocycles. The van der Waals surface area contributed by atoms with E-state index in [0.717, 1.165) is 16.2 Å². The zero-order valence-electron chi connectivity index (χ0n) is 16.1. The monoisotopic (exact) mass is 489 g/mol. The third-order valence-corrected chi connectivity index (χ3v) is 6.63. The molecule has 12 nitrogen and oxygen atoms in total. The molecule has 0 saturated carbocycles. The molecule has 0 bridgehead atoms. The topological polar surface area (TPSA) is 174 Å². The van der Waals surface area contributed by atoms with Crippen LogP contribution in [0, 0.1) is 0 Å². The first-order valence-electron chi connectivity index (χ1n) is 8.53. The summed E-state index contributed by atoms with van der Waals surface area (Å²) in [5.74, 6) is -3.14. The third-order valence-electron chi connectivity index (χ3n) is 4.21. The zero-order valence-corrected chi connectivity index (χ0v) is 18.5. The lowest BCUT2D eigenvalue weighted by atomic mass is 10.0. The number of esters is 1. The largest absolute Gasteiger partial charge is 0.477 e. The molecular weight excluding hydrogens is 474 g/mol. The van der Waals surface area contributed by atoms with Gasteiger partial charge < -0.3 is 25.7 Å². The number of nitrogen functional groups attached to an aromatic ring is 1. The average molecular weight is 490 g/mol. The van der Waals surface area contributed by atoms with Crippen LogP contribution in [-0.2, 0) is 28.8 Å². The summed E-state index contributed by atoms with van der Waals surface area (Å²) in [5.41, 5.74) is 5.34. The number of rotatable bonds is 7. The molecule has 31 heavy (non-hydrogen) atoms. The SMILES string of the molecule is CO/N=C(\C(=O)NC1C(=O)N2C(C(=O)O)=C(COC(C)=O)CSC12)c1nc(N)sc1Cl. The number of aliphatic carboxylic acids is 1. The first-order valence-corrected chi connectivity index (χ1v) is 10.8. The zero-order chi connectivity index (χ0) is 22.9. The Kier molecular flexibility index (Phi) is 6.71. The summed E-state index contributed by atoms with van der Waals surface area (Å²) in [7, 11) is 1.22. The van der Waals surface area contributed by atoms with Crippen LogP contribution in [0.25, 0.3) is 0 Å². The van der Waals surface area contributed by atoms with Gasteiger partial charge in [0.05, 0.1) is 0 Å². The number of thiazole rings is 1. The van der Waals surface area contributed by atoms with E-state index < -0.39 is 35.2 Å². The number of nitrogens with two attached hydrogens (primary N) is 1. The molecule has 0 aromatic carbocycles. The molecule has 1 saturated heterocycles. The van der Waals surface area contributed by atoms with E-state index in [0.29, 0.717) is 0 Å². The molecule has 1 aromatic rings. The summed E-state index contributed by atoms with van der Waals surface area (Å²) in [6.07, 6.45) is 0. The maximum Gasteiger partial charge on any atom is 0.352 e. The van der Waals surface area contributed by atoms with E-state index >= 15 is 0 Å². The van der Waals surface area contributed by atoms with E-state index in [2.05, 4.69) is 20.3 Å². The predicted molar refractivity (Wildman–Crippen MR) is 111 cm³/mol. The van der Waals surface area contributed by atoms with Crippen molar-refractivity contribution < 1.29 is 33.9 Å². The number of anilines is 1. The van der Waals surface area contributed by atoms with Crippen molar-refractivity contribution in [1.82, 2.24) is 15.2 Å². The summed E-state index contributed by atoms with van der Waals surface area (Å²) in [4.78, 5) is 57.9. The highest BCUT2D eigenvalue weighted by molar-refractivity contribution is 8.00. The Morgan fingerprint density at radius 3 is 2.71 bits per heavy atom. The summed E-state index contributed by atoms with van der Waals surface area (Å²) in [6, 6.07) is -1.01. The van der Waals surface area contributed by atoms with Crippen LogP contribution < -0.4 is 11.1 Å². The number of ether oxygens (including phenoxy) is 1. The van der Waals surface area contributed by atoms with Gasteiger partial charge in [-0.1, -0.05) is 28.1 Å². The lowest BCUT2D eigenvalue weighted by Crippen LogP contribution is -2.71. The second kappa shape index (κ2) is 9.11. The van der Waals surface area contributed by atoms with Gasteiger partial charge in [0.25, 0.3) is 11.8 Å². The maximum absolute atomic E-state index is 12.8. The van der Waals surface area contributed by atoms with Gasteiger partial charge in [0, 0.05) is 18.2 Å². The average Bonchev–Trinajstić information content (AvgIpc) is 3.04. The summed E-state index contributed by atoms with van der Waals surface area (Å²) in [6.45, 7) is 0.952. The number of nitrogens with one attached hydrogen (secondary N) is 1. The fourth-order valence-electron chi connectivity index (χ4n) is 2.94. The number of fused-ring (bicyclic) bond motifs is 1. The van der Waals surface area contributed by atoms with Crippen molar-refractivity contribution >= 4 is 69.3 Å². The number of oxime groups is 1. The predicted octanol–water partition coefficient (Wildman–Crippen LogP) is 0.0309. The number of carboxylic acid groups (broad SMARTS) is 1. The minimum absolute atomic E-state index is 0.00164. The van der Waals surface area contributed by atoms with Crippen molar-refractivity contribution in [1.29, 1.82) is 0 Å². The molecule has 2 unspecified atom stereocenters. The van der Waals surface area contributed by atoms with Gasteiger partial charge in [0.2, 0.25) is 0 Å². The third kappa shape index (κ3) is 4.45. The fraction of sp³-hybridized carbons (Fsp3) is 0.375. The van der Waals surface area contributed by atoms with Crippen molar-refractivity contribution in [3.05, 3.63) is 21.3 Å². The maximum atomic E-state index is 12.8. The van der Waals surface area contributed by atoms with E-state index in [-0.39, 0.29) is 44.5 Å². The first kappa shape index (κ1) is 22.8. The molecule has 4 N–H and O–H groups in total. The van der Waals surface area contributed by atoms with Gasteiger partial charge >= 0.3 is 11.9 Å². The smallest absolute Gasteiger partial charge is 0.352 e. The number of halogens is 1. The van der Waals surface area contributed by atoms with Crippen molar-refractivity contribution in [2.24, 2.45) is 5.16 Å². The van der Waals surface area contributed by atoms with Gasteiger partial charge in [0.15, 0.2) is 10.8 Å². The number of hydrogen-bond donors (Lipinski definition) is 3. The molecule has 0 spiro atoms. The molecule has 15 heteroatoms.